The zero-order chi connectivity index (χ0) is 21.9. The lowest BCUT2D eigenvalue weighted by atomic mass is 9.97. The third-order valence-corrected chi connectivity index (χ3v) is 6.71. The summed E-state index contributed by atoms with van der Waals surface area (Å²) in [6, 6.07) is 5.99. The molecule has 2 aliphatic rings. The highest BCUT2D eigenvalue weighted by atomic mass is 16.5. The minimum Gasteiger partial charge on any atom is -0.497 e. The van der Waals surface area contributed by atoms with E-state index in [1.54, 1.807) is 7.11 Å². The third kappa shape index (κ3) is 8.60. The Labute approximate surface area is 188 Å². The third-order valence-electron chi connectivity index (χ3n) is 6.71. The molecule has 31 heavy (non-hydrogen) atoms. The molecular formula is C25H43N3O3. The van der Waals surface area contributed by atoms with Crippen molar-refractivity contribution in [1.82, 2.24) is 15.1 Å². The van der Waals surface area contributed by atoms with Crippen molar-refractivity contribution in [2.75, 3.05) is 60.0 Å². The van der Waals surface area contributed by atoms with Gasteiger partial charge in [-0.3, -0.25) is 0 Å². The number of rotatable bonds is 10. The van der Waals surface area contributed by atoms with Crippen LogP contribution in [-0.2, 0) is 6.54 Å². The van der Waals surface area contributed by atoms with Crippen molar-refractivity contribution in [2.24, 2.45) is 5.92 Å². The first kappa shape index (κ1) is 24.3. The number of aliphatic hydroxyl groups excluding tert-OH is 1. The van der Waals surface area contributed by atoms with Gasteiger partial charge in [0.2, 0.25) is 0 Å². The van der Waals surface area contributed by atoms with Crippen molar-refractivity contribution in [1.29, 1.82) is 0 Å². The van der Waals surface area contributed by atoms with E-state index in [2.05, 4.69) is 28.2 Å². The molecule has 2 aliphatic heterocycles. The maximum Gasteiger partial charge on any atom is 0.127 e. The van der Waals surface area contributed by atoms with Crippen LogP contribution >= 0.6 is 0 Å². The van der Waals surface area contributed by atoms with Gasteiger partial charge < -0.3 is 29.7 Å². The van der Waals surface area contributed by atoms with Gasteiger partial charge in [0.05, 0.1) is 7.11 Å². The topological polar surface area (TPSA) is 57.2 Å². The number of piperidine rings is 1. The molecule has 1 atom stereocenters. The van der Waals surface area contributed by atoms with E-state index in [4.69, 9.17) is 9.47 Å². The van der Waals surface area contributed by atoms with Gasteiger partial charge in [-0.15, -0.1) is 0 Å². The number of benzene rings is 1. The normalized spacial score (nSPS) is 20.7. The Bertz CT molecular complexity index is 626. The van der Waals surface area contributed by atoms with E-state index in [1.807, 2.05) is 12.1 Å². The molecule has 0 amide bonds. The average molecular weight is 434 g/mol. The molecular weight excluding hydrogens is 390 g/mol. The highest BCUT2D eigenvalue weighted by molar-refractivity contribution is 5.40. The molecule has 2 fully saturated rings. The molecule has 1 aromatic rings. The number of β-amino-alcohol motifs (C(OH)–C–C–N with tert-alkyl or cyclic N) is 1. The summed E-state index contributed by atoms with van der Waals surface area (Å²) < 4.78 is 11.5. The van der Waals surface area contributed by atoms with E-state index in [0.29, 0.717) is 13.2 Å². The molecule has 0 bridgehead atoms. The van der Waals surface area contributed by atoms with Gasteiger partial charge in [-0.05, 0) is 77.4 Å². The predicted molar refractivity (Wildman–Crippen MR) is 126 cm³/mol. The molecule has 0 aromatic heterocycles. The Hall–Kier alpha value is -1.34. The zero-order valence-corrected chi connectivity index (χ0v) is 19.7. The van der Waals surface area contributed by atoms with Crippen molar-refractivity contribution in [3.05, 3.63) is 23.8 Å². The van der Waals surface area contributed by atoms with E-state index in [0.717, 1.165) is 49.2 Å². The van der Waals surface area contributed by atoms with Crippen LogP contribution in [0.25, 0.3) is 0 Å². The molecule has 2 N–H and O–H groups in total. The van der Waals surface area contributed by atoms with Gasteiger partial charge in [0.15, 0.2) is 0 Å². The van der Waals surface area contributed by atoms with Crippen LogP contribution in [0, 0.1) is 5.92 Å². The molecule has 1 unspecified atom stereocenters. The summed E-state index contributed by atoms with van der Waals surface area (Å²) in [5.41, 5.74) is 1.12. The fourth-order valence-corrected chi connectivity index (χ4v) is 4.65. The summed E-state index contributed by atoms with van der Waals surface area (Å²) in [4.78, 5) is 4.80. The number of ether oxygens (including phenoxy) is 2. The molecule has 0 radical (unpaired) electrons. The first-order chi connectivity index (χ1) is 15.1. The van der Waals surface area contributed by atoms with E-state index in [1.165, 1.54) is 58.0 Å². The Balaban J connectivity index is 1.48. The summed E-state index contributed by atoms with van der Waals surface area (Å²) in [5.74, 6) is 2.34. The minimum atomic E-state index is -0.481. The first-order valence-electron chi connectivity index (χ1n) is 12.2. The second-order valence-electron chi connectivity index (χ2n) is 9.38. The Morgan fingerprint density at radius 3 is 2.48 bits per heavy atom. The maximum atomic E-state index is 10.6. The minimum absolute atomic E-state index is 0.311. The van der Waals surface area contributed by atoms with Gasteiger partial charge in [-0.25, -0.2) is 0 Å². The molecule has 6 heteroatoms. The Morgan fingerprint density at radius 1 is 1.06 bits per heavy atom. The summed E-state index contributed by atoms with van der Waals surface area (Å²) in [7, 11) is 3.88. The van der Waals surface area contributed by atoms with Crippen LogP contribution in [0.1, 0.15) is 50.5 Å². The number of nitrogens with zero attached hydrogens (tertiary/aromatic N) is 2. The highest BCUT2D eigenvalue weighted by Crippen LogP contribution is 2.25. The van der Waals surface area contributed by atoms with Crippen LogP contribution in [0.5, 0.6) is 11.5 Å². The zero-order valence-electron chi connectivity index (χ0n) is 19.7. The van der Waals surface area contributed by atoms with Gasteiger partial charge in [0, 0.05) is 24.7 Å². The monoisotopic (exact) mass is 433 g/mol. The average Bonchev–Trinajstić information content (AvgIpc) is 2.76. The summed E-state index contributed by atoms with van der Waals surface area (Å²) in [6.07, 6.45) is 8.47. The van der Waals surface area contributed by atoms with Gasteiger partial charge in [0.25, 0.3) is 0 Å². The standard InChI is InChI=1S/C25H43N3O3/c1-27-14-10-21(11-15-27)17-26-18-22-8-9-24(30-2)16-25(22)31-20-23(29)19-28-12-6-4-3-5-7-13-28/h8-9,16,21,23,26,29H,3-7,10-15,17-20H2,1-2H3. The van der Waals surface area contributed by atoms with Crippen molar-refractivity contribution >= 4 is 0 Å². The molecule has 0 aliphatic carbocycles. The molecule has 2 heterocycles. The fourth-order valence-electron chi connectivity index (χ4n) is 4.65. The Morgan fingerprint density at radius 2 is 1.77 bits per heavy atom. The van der Waals surface area contributed by atoms with Crippen LogP contribution < -0.4 is 14.8 Å². The van der Waals surface area contributed by atoms with Crippen LogP contribution in [0.4, 0.5) is 0 Å². The van der Waals surface area contributed by atoms with Crippen LogP contribution in [-0.4, -0.2) is 81.0 Å². The smallest absolute Gasteiger partial charge is 0.127 e. The van der Waals surface area contributed by atoms with Crippen molar-refractivity contribution < 1.29 is 14.6 Å². The molecule has 2 saturated heterocycles. The Kier molecular flexibility index (Phi) is 10.4. The summed E-state index contributed by atoms with van der Waals surface area (Å²) in [5, 5.41) is 14.2. The largest absolute Gasteiger partial charge is 0.497 e. The van der Waals surface area contributed by atoms with Crippen molar-refractivity contribution in [2.45, 2.75) is 57.6 Å². The number of aliphatic hydroxyl groups is 1. The molecule has 0 spiro atoms. The van der Waals surface area contributed by atoms with Crippen LogP contribution in [0.15, 0.2) is 18.2 Å². The van der Waals surface area contributed by atoms with E-state index < -0.39 is 6.10 Å². The molecule has 6 nitrogen and oxygen atoms in total. The molecule has 3 rings (SSSR count). The lowest BCUT2D eigenvalue weighted by molar-refractivity contribution is 0.0650. The number of hydrogen-bond donors (Lipinski definition) is 2. The number of hydrogen-bond acceptors (Lipinski definition) is 6. The lowest BCUT2D eigenvalue weighted by Crippen LogP contribution is -2.37. The molecule has 176 valence electrons. The number of nitrogens with one attached hydrogen (secondary N) is 1. The number of methoxy groups -OCH3 is 1. The summed E-state index contributed by atoms with van der Waals surface area (Å²) >= 11 is 0. The maximum absolute atomic E-state index is 10.6. The van der Waals surface area contributed by atoms with Crippen LogP contribution in [0.3, 0.4) is 0 Å². The quantitative estimate of drug-likeness (QED) is 0.591. The fraction of sp³-hybridized carbons (Fsp3) is 0.760. The lowest BCUT2D eigenvalue weighted by Gasteiger charge is -2.29. The van der Waals surface area contributed by atoms with E-state index in [-0.39, 0.29) is 0 Å². The van der Waals surface area contributed by atoms with Crippen molar-refractivity contribution in [3.8, 4) is 11.5 Å². The summed E-state index contributed by atoms with van der Waals surface area (Å²) in [6.45, 7) is 7.37. The second kappa shape index (κ2) is 13.3. The van der Waals surface area contributed by atoms with Gasteiger partial charge in [-0.2, -0.15) is 0 Å². The highest BCUT2D eigenvalue weighted by Gasteiger charge is 2.17. The predicted octanol–water partition coefficient (Wildman–Crippen LogP) is 3.13. The van der Waals surface area contributed by atoms with Crippen LogP contribution in [0.2, 0.25) is 0 Å². The van der Waals surface area contributed by atoms with Gasteiger partial charge in [0.1, 0.15) is 24.2 Å². The van der Waals surface area contributed by atoms with Gasteiger partial charge >= 0.3 is 0 Å². The van der Waals surface area contributed by atoms with Gasteiger partial charge in [-0.1, -0.05) is 25.3 Å². The second-order valence-corrected chi connectivity index (χ2v) is 9.38. The SMILES string of the molecule is COc1ccc(CNCC2CCN(C)CC2)c(OCC(O)CN2CCCCCCC2)c1. The van der Waals surface area contributed by atoms with E-state index in [9.17, 15) is 5.11 Å². The molecule has 0 saturated carbocycles. The van der Waals surface area contributed by atoms with Crippen molar-refractivity contribution in [3.63, 3.8) is 0 Å². The number of likely N-dealkylation sites (tertiary alicyclic amines) is 2. The molecule has 1 aromatic carbocycles. The first-order valence-corrected chi connectivity index (χ1v) is 12.2. The van der Waals surface area contributed by atoms with E-state index >= 15 is 0 Å².